The number of rotatable bonds is 8. The molecule has 0 radical (unpaired) electrons. The second-order valence-electron chi connectivity index (χ2n) is 5.84. The molecule has 5 nitrogen and oxygen atoms in total. The maximum absolute atomic E-state index is 11.8. The molecule has 0 spiro atoms. The van der Waals surface area contributed by atoms with Crippen LogP contribution < -0.4 is 10.6 Å². The van der Waals surface area contributed by atoms with Gasteiger partial charge < -0.3 is 15.5 Å². The van der Waals surface area contributed by atoms with Crippen LogP contribution in [0.1, 0.15) is 39.2 Å². The molecule has 0 aliphatic carbocycles. The molecule has 0 aliphatic rings. The number of benzene rings is 1. The standard InChI is InChI=1S/C18H29BrN4O/c1-5-14(3)22-17(24)11-12-21-18(20-6-2)23(4)13-15-7-9-16(19)10-8-15/h7-10,14H,5-6,11-13H2,1-4H3,(H,20,21)(H,22,24). The van der Waals surface area contributed by atoms with Crippen molar-refractivity contribution in [3.05, 3.63) is 34.3 Å². The molecule has 0 fully saturated rings. The van der Waals surface area contributed by atoms with E-state index in [-0.39, 0.29) is 11.9 Å². The average molecular weight is 397 g/mol. The van der Waals surface area contributed by atoms with Crippen LogP contribution in [0.3, 0.4) is 0 Å². The number of halogens is 1. The molecule has 1 unspecified atom stereocenters. The summed E-state index contributed by atoms with van der Waals surface area (Å²) in [6.45, 7) is 8.15. The molecule has 1 aromatic carbocycles. The quantitative estimate of drug-likeness (QED) is 0.524. The van der Waals surface area contributed by atoms with Gasteiger partial charge in [0, 0.05) is 37.1 Å². The summed E-state index contributed by atoms with van der Waals surface area (Å²) in [6.07, 6.45) is 1.35. The molecule has 1 amide bonds. The third kappa shape index (κ3) is 7.81. The average Bonchev–Trinajstić information content (AvgIpc) is 2.56. The van der Waals surface area contributed by atoms with E-state index in [9.17, 15) is 4.79 Å². The minimum absolute atomic E-state index is 0.0551. The van der Waals surface area contributed by atoms with Gasteiger partial charge in [0.2, 0.25) is 5.91 Å². The van der Waals surface area contributed by atoms with Crippen molar-refractivity contribution < 1.29 is 4.79 Å². The first-order chi connectivity index (χ1) is 11.5. The lowest BCUT2D eigenvalue weighted by molar-refractivity contribution is -0.121. The molecule has 0 bridgehead atoms. The van der Waals surface area contributed by atoms with Gasteiger partial charge in [-0.1, -0.05) is 35.0 Å². The van der Waals surface area contributed by atoms with E-state index in [4.69, 9.17) is 0 Å². The Morgan fingerprint density at radius 1 is 1.29 bits per heavy atom. The van der Waals surface area contributed by atoms with Crippen LogP contribution in [0, 0.1) is 0 Å². The normalized spacial score (nSPS) is 12.6. The van der Waals surface area contributed by atoms with Crippen LogP contribution in [0.2, 0.25) is 0 Å². The Kier molecular flexibility index (Phi) is 9.45. The first-order valence-corrected chi connectivity index (χ1v) is 9.28. The fourth-order valence-electron chi connectivity index (χ4n) is 2.12. The van der Waals surface area contributed by atoms with E-state index >= 15 is 0 Å². The van der Waals surface area contributed by atoms with Gasteiger partial charge in [0.15, 0.2) is 5.96 Å². The third-order valence-electron chi connectivity index (χ3n) is 3.65. The summed E-state index contributed by atoms with van der Waals surface area (Å²) >= 11 is 3.45. The van der Waals surface area contributed by atoms with Gasteiger partial charge in [-0.3, -0.25) is 9.79 Å². The molecule has 0 heterocycles. The lowest BCUT2D eigenvalue weighted by Gasteiger charge is -2.22. The van der Waals surface area contributed by atoms with Crippen LogP contribution in [0.5, 0.6) is 0 Å². The van der Waals surface area contributed by atoms with E-state index < -0.39 is 0 Å². The van der Waals surface area contributed by atoms with Gasteiger partial charge in [-0.05, 0) is 38.0 Å². The molecule has 24 heavy (non-hydrogen) atoms. The summed E-state index contributed by atoms with van der Waals surface area (Å²) in [6, 6.07) is 8.46. The van der Waals surface area contributed by atoms with Crippen LogP contribution in [-0.2, 0) is 11.3 Å². The van der Waals surface area contributed by atoms with Crippen molar-refractivity contribution >= 4 is 27.8 Å². The highest BCUT2D eigenvalue weighted by atomic mass is 79.9. The van der Waals surface area contributed by atoms with E-state index in [0.29, 0.717) is 13.0 Å². The minimum atomic E-state index is 0.0551. The molecule has 6 heteroatoms. The van der Waals surface area contributed by atoms with Gasteiger partial charge >= 0.3 is 0 Å². The summed E-state index contributed by atoms with van der Waals surface area (Å²) in [7, 11) is 2.00. The van der Waals surface area contributed by atoms with Crippen LogP contribution in [-0.4, -0.2) is 42.9 Å². The van der Waals surface area contributed by atoms with Gasteiger partial charge in [0.1, 0.15) is 0 Å². The number of nitrogens with zero attached hydrogens (tertiary/aromatic N) is 2. The Morgan fingerprint density at radius 3 is 2.54 bits per heavy atom. The van der Waals surface area contributed by atoms with E-state index in [2.05, 4.69) is 55.5 Å². The highest BCUT2D eigenvalue weighted by molar-refractivity contribution is 9.10. The lowest BCUT2D eigenvalue weighted by atomic mass is 10.2. The predicted molar refractivity (Wildman–Crippen MR) is 104 cm³/mol. The highest BCUT2D eigenvalue weighted by Crippen LogP contribution is 2.11. The summed E-state index contributed by atoms with van der Waals surface area (Å²) in [5, 5.41) is 6.24. The Bertz CT molecular complexity index is 530. The Labute approximate surface area is 154 Å². The zero-order chi connectivity index (χ0) is 17.9. The SMILES string of the molecule is CCNC(=NCCC(=O)NC(C)CC)N(C)Cc1ccc(Br)cc1. The monoisotopic (exact) mass is 396 g/mol. The van der Waals surface area contributed by atoms with Gasteiger partial charge in [-0.25, -0.2) is 0 Å². The number of nitrogens with one attached hydrogen (secondary N) is 2. The Balaban J connectivity index is 2.57. The third-order valence-corrected chi connectivity index (χ3v) is 4.18. The number of aliphatic imine (C=N–C) groups is 1. The molecule has 0 aromatic heterocycles. The highest BCUT2D eigenvalue weighted by Gasteiger charge is 2.08. The molecule has 1 atom stereocenters. The first-order valence-electron chi connectivity index (χ1n) is 8.49. The fraction of sp³-hybridized carbons (Fsp3) is 0.556. The molecular weight excluding hydrogens is 368 g/mol. The molecule has 0 aliphatic heterocycles. The van der Waals surface area contributed by atoms with Crippen molar-refractivity contribution in [1.29, 1.82) is 0 Å². The van der Waals surface area contributed by atoms with Crippen molar-refractivity contribution in [2.75, 3.05) is 20.1 Å². The van der Waals surface area contributed by atoms with Crippen LogP contribution >= 0.6 is 15.9 Å². The largest absolute Gasteiger partial charge is 0.357 e. The molecule has 1 rings (SSSR count). The number of hydrogen-bond acceptors (Lipinski definition) is 2. The van der Waals surface area contributed by atoms with Crippen LogP contribution in [0.25, 0.3) is 0 Å². The molecule has 134 valence electrons. The Morgan fingerprint density at radius 2 is 1.96 bits per heavy atom. The Hall–Kier alpha value is -1.56. The van der Waals surface area contributed by atoms with Crippen molar-refractivity contribution in [2.45, 2.75) is 46.2 Å². The topological polar surface area (TPSA) is 56.7 Å². The molecular formula is C18H29BrN4O. The van der Waals surface area contributed by atoms with E-state index in [1.165, 1.54) is 5.56 Å². The van der Waals surface area contributed by atoms with E-state index in [0.717, 1.165) is 29.9 Å². The van der Waals surface area contributed by atoms with Gasteiger partial charge in [-0.2, -0.15) is 0 Å². The molecule has 0 saturated heterocycles. The molecule has 2 N–H and O–H groups in total. The lowest BCUT2D eigenvalue weighted by Crippen LogP contribution is -2.39. The van der Waals surface area contributed by atoms with Gasteiger partial charge in [0.05, 0.1) is 6.54 Å². The van der Waals surface area contributed by atoms with E-state index in [1.807, 2.05) is 33.0 Å². The van der Waals surface area contributed by atoms with Crippen molar-refractivity contribution in [2.24, 2.45) is 4.99 Å². The van der Waals surface area contributed by atoms with Crippen molar-refractivity contribution in [3.63, 3.8) is 0 Å². The number of carbonyl (C=O) groups excluding carboxylic acids is 1. The summed E-state index contributed by atoms with van der Waals surface area (Å²) < 4.78 is 1.07. The zero-order valence-corrected chi connectivity index (χ0v) is 16.7. The number of guanidine groups is 1. The smallest absolute Gasteiger partial charge is 0.222 e. The van der Waals surface area contributed by atoms with Crippen molar-refractivity contribution in [3.8, 4) is 0 Å². The van der Waals surface area contributed by atoms with E-state index in [1.54, 1.807) is 0 Å². The predicted octanol–water partition coefficient (Wildman–Crippen LogP) is 3.15. The summed E-state index contributed by atoms with van der Waals surface area (Å²) in [5.41, 5.74) is 1.21. The van der Waals surface area contributed by atoms with Gasteiger partial charge in [0.25, 0.3) is 0 Å². The van der Waals surface area contributed by atoms with Crippen LogP contribution in [0.15, 0.2) is 33.7 Å². The zero-order valence-electron chi connectivity index (χ0n) is 15.1. The summed E-state index contributed by atoms with van der Waals surface area (Å²) in [4.78, 5) is 18.5. The second kappa shape index (κ2) is 11.1. The fourth-order valence-corrected chi connectivity index (χ4v) is 2.38. The number of carbonyl (C=O) groups is 1. The maximum atomic E-state index is 11.8. The first kappa shape index (κ1) is 20.5. The number of hydrogen-bond donors (Lipinski definition) is 2. The maximum Gasteiger partial charge on any atom is 0.222 e. The molecule has 0 saturated carbocycles. The number of amides is 1. The summed E-state index contributed by atoms with van der Waals surface area (Å²) in [5.74, 6) is 0.872. The second-order valence-corrected chi connectivity index (χ2v) is 6.76. The van der Waals surface area contributed by atoms with Gasteiger partial charge in [-0.15, -0.1) is 0 Å². The van der Waals surface area contributed by atoms with Crippen LogP contribution in [0.4, 0.5) is 0 Å². The minimum Gasteiger partial charge on any atom is -0.357 e. The molecule has 1 aromatic rings. The van der Waals surface area contributed by atoms with Crippen molar-refractivity contribution in [1.82, 2.24) is 15.5 Å².